The van der Waals surface area contributed by atoms with Crippen LogP contribution in [-0.2, 0) is 28.3 Å². The Labute approximate surface area is 231 Å². The third-order valence-corrected chi connectivity index (χ3v) is 7.55. The van der Waals surface area contributed by atoms with E-state index in [1.54, 1.807) is 16.7 Å². The molecule has 3 aromatic carbocycles. The SMILES string of the molecule is CC(C)CNC(=O)[C@H](Cc1ccccc1)N(Cc1ccccc1Cl)C(=O)CSCc1ccc(Br)cc1. The van der Waals surface area contributed by atoms with Crippen LogP contribution in [0.5, 0.6) is 0 Å². The fourth-order valence-electron chi connectivity index (χ4n) is 3.71. The van der Waals surface area contributed by atoms with Crippen LogP contribution >= 0.6 is 39.3 Å². The average molecular weight is 588 g/mol. The number of halogens is 2. The van der Waals surface area contributed by atoms with Crippen LogP contribution in [-0.4, -0.2) is 35.1 Å². The zero-order valence-electron chi connectivity index (χ0n) is 20.6. The van der Waals surface area contributed by atoms with Crippen molar-refractivity contribution in [3.63, 3.8) is 0 Å². The van der Waals surface area contributed by atoms with Crippen LogP contribution < -0.4 is 5.32 Å². The van der Waals surface area contributed by atoms with E-state index in [9.17, 15) is 9.59 Å². The second kappa shape index (κ2) is 14.5. The van der Waals surface area contributed by atoms with Crippen LogP contribution in [0.2, 0.25) is 5.02 Å². The van der Waals surface area contributed by atoms with Gasteiger partial charge in [-0.05, 0) is 40.8 Å². The van der Waals surface area contributed by atoms with Crippen molar-refractivity contribution in [1.29, 1.82) is 0 Å². The maximum Gasteiger partial charge on any atom is 0.243 e. The average Bonchev–Trinajstić information content (AvgIpc) is 2.87. The highest BCUT2D eigenvalue weighted by atomic mass is 79.9. The normalized spacial score (nSPS) is 11.8. The summed E-state index contributed by atoms with van der Waals surface area (Å²) < 4.78 is 1.02. The lowest BCUT2D eigenvalue weighted by Gasteiger charge is -2.32. The molecule has 0 aliphatic carbocycles. The molecule has 0 fully saturated rings. The Kier molecular flexibility index (Phi) is 11.4. The van der Waals surface area contributed by atoms with Crippen LogP contribution in [0.3, 0.4) is 0 Å². The predicted molar refractivity (Wildman–Crippen MR) is 154 cm³/mol. The molecule has 0 spiro atoms. The van der Waals surface area contributed by atoms with Gasteiger partial charge in [-0.2, -0.15) is 0 Å². The Balaban J connectivity index is 1.84. The Morgan fingerprint density at radius 1 is 0.944 bits per heavy atom. The van der Waals surface area contributed by atoms with Gasteiger partial charge in [0.05, 0.1) is 5.75 Å². The first-order valence-corrected chi connectivity index (χ1v) is 14.3. The van der Waals surface area contributed by atoms with Gasteiger partial charge < -0.3 is 10.2 Å². The minimum Gasteiger partial charge on any atom is -0.354 e. The molecule has 0 unspecified atom stereocenters. The highest BCUT2D eigenvalue weighted by molar-refractivity contribution is 9.10. The maximum absolute atomic E-state index is 13.7. The molecule has 36 heavy (non-hydrogen) atoms. The van der Waals surface area contributed by atoms with Crippen LogP contribution in [0.1, 0.15) is 30.5 Å². The highest BCUT2D eigenvalue weighted by Gasteiger charge is 2.30. The van der Waals surface area contributed by atoms with E-state index in [2.05, 4.69) is 35.1 Å². The van der Waals surface area contributed by atoms with Gasteiger partial charge in [0.15, 0.2) is 0 Å². The molecule has 0 heterocycles. The summed E-state index contributed by atoms with van der Waals surface area (Å²) in [5, 5.41) is 3.63. The number of carbonyl (C=O) groups excluding carboxylic acids is 2. The Bertz CT molecular complexity index is 1130. The number of nitrogens with zero attached hydrogens (tertiary/aromatic N) is 1. The number of amides is 2. The van der Waals surface area contributed by atoms with Gasteiger partial charge in [-0.15, -0.1) is 11.8 Å². The first-order valence-electron chi connectivity index (χ1n) is 12.0. The van der Waals surface area contributed by atoms with Gasteiger partial charge in [0, 0.05) is 34.8 Å². The number of carbonyl (C=O) groups is 2. The smallest absolute Gasteiger partial charge is 0.243 e. The summed E-state index contributed by atoms with van der Waals surface area (Å²) >= 11 is 11.5. The summed E-state index contributed by atoms with van der Waals surface area (Å²) in [5.74, 6) is 1.05. The van der Waals surface area contributed by atoms with Crippen LogP contribution in [0.4, 0.5) is 0 Å². The molecule has 0 radical (unpaired) electrons. The quantitative estimate of drug-likeness (QED) is 0.255. The lowest BCUT2D eigenvalue weighted by atomic mass is 10.0. The number of nitrogens with one attached hydrogen (secondary N) is 1. The van der Waals surface area contributed by atoms with Gasteiger partial charge >= 0.3 is 0 Å². The third-order valence-electron chi connectivity index (χ3n) is 5.66. The van der Waals surface area contributed by atoms with Crippen molar-refractivity contribution in [3.05, 3.63) is 105 Å². The van der Waals surface area contributed by atoms with Gasteiger partial charge in [-0.1, -0.05) is 102 Å². The Hall–Kier alpha value is -2.28. The lowest BCUT2D eigenvalue weighted by Crippen LogP contribution is -2.51. The molecule has 0 saturated carbocycles. The van der Waals surface area contributed by atoms with Gasteiger partial charge in [-0.25, -0.2) is 0 Å². The zero-order chi connectivity index (χ0) is 25.9. The van der Waals surface area contributed by atoms with Gasteiger partial charge in [0.2, 0.25) is 11.8 Å². The van der Waals surface area contributed by atoms with Gasteiger partial charge in [0.25, 0.3) is 0 Å². The first-order chi connectivity index (χ1) is 17.3. The standard InChI is InChI=1S/C29H32BrClN2O2S/c1-21(2)17-32-29(35)27(16-22-8-4-3-5-9-22)33(18-24-10-6-7-11-26(24)31)28(34)20-36-19-23-12-14-25(30)15-13-23/h3-15,21,27H,16-20H2,1-2H3,(H,32,35)/t27-/m0/s1. The van der Waals surface area contributed by atoms with Gasteiger partial charge in [-0.3, -0.25) is 9.59 Å². The first kappa shape index (κ1) is 28.3. The summed E-state index contributed by atoms with van der Waals surface area (Å²) in [6, 6.07) is 24.7. The third kappa shape index (κ3) is 8.99. The largest absolute Gasteiger partial charge is 0.354 e. The van der Waals surface area contributed by atoms with E-state index in [0.29, 0.717) is 29.7 Å². The highest BCUT2D eigenvalue weighted by Crippen LogP contribution is 2.22. The van der Waals surface area contributed by atoms with E-state index in [1.165, 1.54) is 0 Å². The van der Waals surface area contributed by atoms with E-state index in [4.69, 9.17) is 11.6 Å². The molecular weight excluding hydrogens is 556 g/mol. The maximum atomic E-state index is 13.7. The van der Waals surface area contributed by atoms with E-state index >= 15 is 0 Å². The number of benzene rings is 3. The Morgan fingerprint density at radius 3 is 2.28 bits per heavy atom. The number of thioether (sulfide) groups is 1. The van der Waals surface area contributed by atoms with Crippen molar-refractivity contribution in [3.8, 4) is 0 Å². The summed E-state index contributed by atoms with van der Waals surface area (Å²) in [6.07, 6.45) is 0.429. The molecule has 3 aromatic rings. The second-order valence-electron chi connectivity index (χ2n) is 9.08. The lowest BCUT2D eigenvalue weighted by molar-refractivity contribution is -0.139. The number of hydrogen-bond acceptors (Lipinski definition) is 3. The molecule has 190 valence electrons. The molecule has 0 aliphatic heterocycles. The topological polar surface area (TPSA) is 49.4 Å². The molecule has 1 N–H and O–H groups in total. The van der Waals surface area contributed by atoms with Crippen molar-refractivity contribution in [2.45, 2.75) is 38.6 Å². The molecule has 0 aliphatic rings. The molecule has 2 amide bonds. The fourth-order valence-corrected chi connectivity index (χ4v) is 5.04. The second-order valence-corrected chi connectivity index (χ2v) is 11.4. The van der Waals surface area contributed by atoms with E-state index in [-0.39, 0.29) is 24.1 Å². The van der Waals surface area contributed by atoms with Crippen LogP contribution in [0, 0.1) is 5.92 Å². The predicted octanol–water partition coefficient (Wildman–Crippen LogP) is 6.75. The van der Waals surface area contributed by atoms with Crippen molar-refractivity contribution in [1.82, 2.24) is 10.2 Å². The van der Waals surface area contributed by atoms with E-state index in [0.717, 1.165) is 21.2 Å². The van der Waals surface area contributed by atoms with Crippen molar-refractivity contribution < 1.29 is 9.59 Å². The zero-order valence-corrected chi connectivity index (χ0v) is 23.8. The van der Waals surface area contributed by atoms with Crippen molar-refractivity contribution >= 4 is 51.1 Å². The summed E-state index contributed by atoms with van der Waals surface area (Å²) in [7, 11) is 0. The number of hydrogen-bond donors (Lipinski definition) is 1. The van der Waals surface area contributed by atoms with Crippen LogP contribution in [0.15, 0.2) is 83.3 Å². The van der Waals surface area contributed by atoms with Crippen molar-refractivity contribution in [2.75, 3.05) is 12.3 Å². The monoisotopic (exact) mass is 586 g/mol. The molecular formula is C29H32BrClN2O2S. The van der Waals surface area contributed by atoms with Gasteiger partial charge in [0.1, 0.15) is 6.04 Å². The summed E-state index contributed by atoms with van der Waals surface area (Å²) in [6.45, 7) is 4.93. The minimum atomic E-state index is -0.650. The molecule has 0 bridgehead atoms. The van der Waals surface area contributed by atoms with Crippen molar-refractivity contribution in [2.24, 2.45) is 5.92 Å². The molecule has 0 saturated heterocycles. The molecule has 7 heteroatoms. The molecule has 0 aromatic heterocycles. The molecule has 4 nitrogen and oxygen atoms in total. The van der Waals surface area contributed by atoms with E-state index < -0.39 is 6.04 Å². The van der Waals surface area contributed by atoms with E-state index in [1.807, 2.05) is 78.9 Å². The minimum absolute atomic E-state index is 0.0855. The fraction of sp³-hybridized carbons (Fsp3) is 0.310. The molecule has 1 atom stereocenters. The van der Waals surface area contributed by atoms with Crippen LogP contribution in [0.25, 0.3) is 0 Å². The molecule has 3 rings (SSSR count). The Morgan fingerprint density at radius 2 is 1.61 bits per heavy atom. The number of rotatable bonds is 12. The summed E-state index contributed by atoms with van der Waals surface area (Å²) in [4.78, 5) is 28.8. The summed E-state index contributed by atoms with van der Waals surface area (Å²) in [5.41, 5.74) is 2.96.